The smallest absolute Gasteiger partial charge is 0.253 e. The van der Waals surface area contributed by atoms with Gasteiger partial charge in [-0.25, -0.2) is 0 Å². The van der Waals surface area contributed by atoms with Crippen molar-refractivity contribution in [2.24, 2.45) is 0 Å². The molecule has 0 atom stereocenters. The van der Waals surface area contributed by atoms with Crippen molar-refractivity contribution in [1.82, 2.24) is 15.1 Å². The van der Waals surface area contributed by atoms with Gasteiger partial charge in [0, 0.05) is 31.2 Å². The second-order valence-electron chi connectivity index (χ2n) is 8.28. The molecule has 2 aromatic carbocycles. The van der Waals surface area contributed by atoms with Crippen LogP contribution in [-0.4, -0.2) is 60.2 Å². The maximum absolute atomic E-state index is 12.7. The molecule has 0 spiro atoms. The molecule has 0 saturated carbocycles. The summed E-state index contributed by atoms with van der Waals surface area (Å²) in [5.74, 6) is 0.149. The lowest BCUT2D eigenvalue weighted by atomic mass is 10.1. The quantitative estimate of drug-likeness (QED) is 0.501. The van der Waals surface area contributed by atoms with Gasteiger partial charge in [0.05, 0.1) is 37.0 Å². The molecular weight excluding hydrogens is 468 g/mol. The highest BCUT2D eigenvalue weighted by molar-refractivity contribution is 6.31. The molecule has 0 aliphatic carbocycles. The van der Waals surface area contributed by atoms with Gasteiger partial charge >= 0.3 is 0 Å². The number of nitrogens with zero attached hydrogens (tertiary/aromatic N) is 2. The first-order valence-electron chi connectivity index (χ1n) is 11.4. The Hall–Kier alpha value is -3.62. The van der Waals surface area contributed by atoms with E-state index in [-0.39, 0.29) is 37.2 Å². The van der Waals surface area contributed by atoms with E-state index in [0.717, 1.165) is 5.56 Å². The lowest BCUT2D eigenvalue weighted by molar-refractivity contribution is -0.132. The number of nitrogens with one attached hydrogen (secondary N) is 2. The molecule has 8 nitrogen and oxygen atoms in total. The summed E-state index contributed by atoms with van der Waals surface area (Å²) in [6, 6.07) is 17.7. The Morgan fingerprint density at radius 1 is 0.914 bits per heavy atom. The average molecular weight is 495 g/mol. The second-order valence-corrected chi connectivity index (χ2v) is 8.69. The Morgan fingerprint density at radius 2 is 1.66 bits per heavy atom. The zero-order valence-corrected chi connectivity index (χ0v) is 20.0. The third-order valence-electron chi connectivity index (χ3n) is 5.84. The molecule has 35 heavy (non-hydrogen) atoms. The van der Waals surface area contributed by atoms with Crippen molar-refractivity contribution in [2.45, 2.75) is 13.0 Å². The zero-order valence-electron chi connectivity index (χ0n) is 19.2. The Bertz CT molecular complexity index is 1170. The van der Waals surface area contributed by atoms with E-state index in [1.165, 1.54) is 0 Å². The van der Waals surface area contributed by atoms with Crippen LogP contribution in [0.1, 0.15) is 21.7 Å². The summed E-state index contributed by atoms with van der Waals surface area (Å²) >= 11 is 6.17. The van der Waals surface area contributed by atoms with E-state index in [9.17, 15) is 14.4 Å². The third-order valence-corrected chi connectivity index (χ3v) is 6.21. The lowest BCUT2D eigenvalue weighted by Gasteiger charge is -2.34. The molecule has 0 bridgehead atoms. The van der Waals surface area contributed by atoms with E-state index in [0.29, 0.717) is 48.2 Å². The fraction of sp³-hybridized carbons (Fsp3) is 0.269. The Labute approximate surface area is 208 Å². The Kier molecular flexibility index (Phi) is 8.18. The van der Waals surface area contributed by atoms with Gasteiger partial charge in [-0.15, -0.1) is 0 Å². The monoisotopic (exact) mass is 494 g/mol. The number of benzene rings is 2. The SMILES string of the molecule is O=C(CN1CCN(C(=O)Cc2ccccc2Cl)CC1)Nc1ccccc1C(=O)NCc1ccco1. The van der Waals surface area contributed by atoms with Gasteiger partial charge in [-0.3, -0.25) is 19.3 Å². The molecule has 2 heterocycles. The summed E-state index contributed by atoms with van der Waals surface area (Å²) < 4.78 is 5.24. The van der Waals surface area contributed by atoms with Crippen LogP contribution in [0.3, 0.4) is 0 Å². The summed E-state index contributed by atoms with van der Waals surface area (Å²) in [6.07, 6.45) is 1.81. The second kappa shape index (κ2) is 11.7. The zero-order chi connectivity index (χ0) is 24.6. The van der Waals surface area contributed by atoms with E-state index in [2.05, 4.69) is 10.6 Å². The van der Waals surface area contributed by atoms with E-state index in [4.69, 9.17) is 16.0 Å². The molecule has 1 aromatic heterocycles. The van der Waals surface area contributed by atoms with Crippen LogP contribution >= 0.6 is 11.6 Å². The molecule has 1 saturated heterocycles. The van der Waals surface area contributed by atoms with Crippen molar-refractivity contribution in [3.05, 3.63) is 88.8 Å². The topological polar surface area (TPSA) is 94.9 Å². The van der Waals surface area contributed by atoms with Gasteiger partial charge in [-0.1, -0.05) is 41.9 Å². The molecule has 0 unspecified atom stereocenters. The van der Waals surface area contributed by atoms with E-state index in [1.54, 1.807) is 53.6 Å². The molecule has 2 N–H and O–H groups in total. The summed E-state index contributed by atoms with van der Waals surface area (Å²) in [5, 5.41) is 6.23. The lowest BCUT2D eigenvalue weighted by Crippen LogP contribution is -2.50. The van der Waals surface area contributed by atoms with Crippen LogP contribution < -0.4 is 10.6 Å². The molecule has 182 valence electrons. The molecular formula is C26H27ClN4O4. The van der Waals surface area contributed by atoms with Crippen LogP contribution in [0.4, 0.5) is 5.69 Å². The minimum atomic E-state index is -0.303. The summed E-state index contributed by atoms with van der Waals surface area (Å²) in [7, 11) is 0. The molecule has 1 aliphatic rings. The Balaban J connectivity index is 1.25. The van der Waals surface area contributed by atoms with Crippen LogP contribution in [0.5, 0.6) is 0 Å². The number of hydrogen-bond acceptors (Lipinski definition) is 5. The van der Waals surface area contributed by atoms with Gasteiger partial charge in [0.1, 0.15) is 5.76 Å². The minimum absolute atomic E-state index is 0.0247. The summed E-state index contributed by atoms with van der Waals surface area (Å²) in [4.78, 5) is 41.8. The number of amides is 3. The van der Waals surface area contributed by atoms with Crippen molar-refractivity contribution in [1.29, 1.82) is 0 Å². The van der Waals surface area contributed by atoms with Crippen LogP contribution in [-0.2, 0) is 22.6 Å². The number of furan rings is 1. The molecule has 3 amide bonds. The Morgan fingerprint density at radius 3 is 2.40 bits per heavy atom. The molecule has 4 rings (SSSR count). The van der Waals surface area contributed by atoms with Gasteiger partial charge in [-0.2, -0.15) is 0 Å². The fourth-order valence-corrected chi connectivity index (χ4v) is 4.13. The number of carbonyl (C=O) groups excluding carboxylic acids is 3. The highest BCUT2D eigenvalue weighted by atomic mass is 35.5. The minimum Gasteiger partial charge on any atom is -0.467 e. The van der Waals surface area contributed by atoms with Crippen molar-refractivity contribution in [3.8, 4) is 0 Å². The predicted molar refractivity (Wildman–Crippen MR) is 133 cm³/mol. The highest BCUT2D eigenvalue weighted by Crippen LogP contribution is 2.18. The van der Waals surface area contributed by atoms with Crippen LogP contribution in [0.25, 0.3) is 0 Å². The summed E-state index contributed by atoms with van der Waals surface area (Å²) in [5.41, 5.74) is 1.64. The fourth-order valence-electron chi connectivity index (χ4n) is 3.93. The molecule has 1 fully saturated rings. The van der Waals surface area contributed by atoms with Gasteiger partial charge in [0.15, 0.2) is 0 Å². The number of piperazine rings is 1. The maximum Gasteiger partial charge on any atom is 0.253 e. The van der Waals surface area contributed by atoms with Gasteiger partial charge in [0.25, 0.3) is 5.91 Å². The van der Waals surface area contributed by atoms with Crippen LogP contribution in [0.2, 0.25) is 5.02 Å². The predicted octanol–water partition coefficient (Wildman–Crippen LogP) is 3.19. The van der Waals surface area contributed by atoms with Crippen molar-refractivity contribution >= 4 is 35.0 Å². The number of para-hydroxylation sites is 1. The summed E-state index contributed by atoms with van der Waals surface area (Å²) in [6.45, 7) is 2.70. The maximum atomic E-state index is 12.7. The molecule has 1 aliphatic heterocycles. The van der Waals surface area contributed by atoms with E-state index >= 15 is 0 Å². The van der Waals surface area contributed by atoms with Gasteiger partial charge in [-0.05, 0) is 35.9 Å². The first kappa shape index (κ1) is 24.5. The number of halogens is 1. The van der Waals surface area contributed by atoms with Crippen molar-refractivity contribution < 1.29 is 18.8 Å². The first-order valence-corrected chi connectivity index (χ1v) is 11.8. The van der Waals surface area contributed by atoms with Crippen LogP contribution in [0, 0.1) is 0 Å². The number of hydrogen-bond donors (Lipinski definition) is 2. The van der Waals surface area contributed by atoms with Gasteiger partial charge in [0.2, 0.25) is 11.8 Å². The molecule has 0 radical (unpaired) electrons. The normalized spacial score (nSPS) is 13.9. The number of anilines is 1. The molecule has 9 heteroatoms. The van der Waals surface area contributed by atoms with Gasteiger partial charge < -0.3 is 20.0 Å². The third kappa shape index (κ3) is 6.71. The number of rotatable bonds is 8. The number of carbonyl (C=O) groups is 3. The standard InChI is InChI=1S/C26H27ClN4O4/c27-22-9-3-1-6-19(22)16-25(33)31-13-11-30(12-14-31)18-24(32)29-23-10-4-2-8-21(23)26(34)28-17-20-7-5-15-35-20/h1-10,15H,11-14,16-18H2,(H,28,34)(H,29,32). The van der Waals surface area contributed by atoms with Crippen molar-refractivity contribution in [3.63, 3.8) is 0 Å². The van der Waals surface area contributed by atoms with Crippen molar-refractivity contribution in [2.75, 3.05) is 38.0 Å². The first-order chi connectivity index (χ1) is 17.0. The average Bonchev–Trinajstić information content (AvgIpc) is 3.38. The molecule has 3 aromatic rings. The largest absolute Gasteiger partial charge is 0.467 e. The van der Waals surface area contributed by atoms with Crippen LogP contribution in [0.15, 0.2) is 71.3 Å². The van der Waals surface area contributed by atoms with E-state index < -0.39 is 0 Å². The van der Waals surface area contributed by atoms with E-state index in [1.807, 2.05) is 23.1 Å². The highest BCUT2D eigenvalue weighted by Gasteiger charge is 2.23.